The van der Waals surface area contributed by atoms with Crippen LogP contribution in [0.2, 0.25) is 5.15 Å². The highest BCUT2D eigenvalue weighted by molar-refractivity contribution is 6.29. The van der Waals surface area contributed by atoms with E-state index in [1.807, 2.05) is 11.0 Å². The minimum atomic E-state index is 0.176. The minimum absolute atomic E-state index is 0.176. The maximum absolute atomic E-state index is 11.4. The molecule has 1 atom stereocenters. The molecule has 4 nitrogen and oxygen atoms in total. The smallest absolute Gasteiger partial charge is 0.219 e. The van der Waals surface area contributed by atoms with Crippen LogP contribution in [0.5, 0.6) is 0 Å². The Morgan fingerprint density at radius 1 is 1.53 bits per heavy atom. The first kappa shape index (κ1) is 12.3. The first-order chi connectivity index (χ1) is 8.16. The van der Waals surface area contributed by atoms with Crippen LogP contribution in [-0.2, 0) is 11.2 Å². The lowest BCUT2D eigenvalue weighted by Gasteiger charge is -2.22. The topological polar surface area (TPSA) is 46.1 Å². The molecule has 1 aliphatic rings. The van der Waals surface area contributed by atoms with E-state index in [9.17, 15) is 4.79 Å². The van der Waals surface area contributed by atoms with Crippen molar-refractivity contribution in [3.63, 3.8) is 0 Å². The van der Waals surface area contributed by atoms with Crippen LogP contribution in [0.15, 0.2) is 12.1 Å². The molecule has 1 saturated heterocycles. The number of carbonyl (C=O) groups is 1. The summed E-state index contributed by atoms with van der Waals surface area (Å²) in [5, 5.41) is 8.25. The number of hydrogen-bond acceptors (Lipinski definition) is 3. The van der Waals surface area contributed by atoms with Crippen LogP contribution in [0.3, 0.4) is 0 Å². The molecule has 1 fully saturated rings. The summed E-state index contributed by atoms with van der Waals surface area (Å²) in [6.45, 7) is 2.53. The van der Waals surface area contributed by atoms with Crippen molar-refractivity contribution in [2.75, 3.05) is 6.54 Å². The molecule has 1 aromatic heterocycles. The number of aryl methyl sites for hydroxylation is 1. The summed E-state index contributed by atoms with van der Waals surface area (Å²) in [6.07, 6.45) is 4.01. The summed E-state index contributed by atoms with van der Waals surface area (Å²) in [5.41, 5.74) is 0.935. The second kappa shape index (κ2) is 5.45. The maximum Gasteiger partial charge on any atom is 0.219 e. The highest BCUT2D eigenvalue weighted by Crippen LogP contribution is 2.21. The number of hydrogen-bond donors (Lipinski definition) is 0. The van der Waals surface area contributed by atoms with Crippen molar-refractivity contribution in [3.8, 4) is 0 Å². The maximum atomic E-state index is 11.4. The normalized spacial score (nSPS) is 19.6. The van der Waals surface area contributed by atoms with Gasteiger partial charge in [0, 0.05) is 19.5 Å². The molecule has 0 aromatic carbocycles. The van der Waals surface area contributed by atoms with Crippen LogP contribution in [0.1, 0.15) is 31.9 Å². The standard InChI is InChI=1S/C12H16ClN3O/c1-9(17)16-8-2-3-11(16)6-4-10-5-7-12(13)15-14-10/h5,7,11H,2-4,6,8H2,1H3/t11-/m1/s1. The lowest BCUT2D eigenvalue weighted by molar-refractivity contribution is -0.129. The predicted octanol–water partition coefficient (Wildman–Crippen LogP) is 2.07. The van der Waals surface area contributed by atoms with Crippen molar-refractivity contribution < 1.29 is 4.79 Å². The van der Waals surface area contributed by atoms with Gasteiger partial charge >= 0.3 is 0 Å². The van der Waals surface area contributed by atoms with E-state index in [0.717, 1.165) is 37.9 Å². The predicted molar refractivity (Wildman–Crippen MR) is 65.8 cm³/mol. The molecule has 0 spiro atoms. The van der Waals surface area contributed by atoms with Gasteiger partial charge in [0.05, 0.1) is 5.69 Å². The van der Waals surface area contributed by atoms with Gasteiger partial charge in [0.2, 0.25) is 5.91 Å². The molecule has 0 bridgehead atoms. The Morgan fingerprint density at radius 3 is 3.00 bits per heavy atom. The third-order valence-corrected chi connectivity index (χ3v) is 3.40. The molecule has 17 heavy (non-hydrogen) atoms. The summed E-state index contributed by atoms with van der Waals surface area (Å²) in [7, 11) is 0. The summed E-state index contributed by atoms with van der Waals surface area (Å²) >= 11 is 5.68. The molecule has 0 unspecified atom stereocenters. The van der Waals surface area contributed by atoms with Crippen LogP contribution in [0.4, 0.5) is 0 Å². The zero-order valence-corrected chi connectivity index (χ0v) is 10.7. The van der Waals surface area contributed by atoms with E-state index in [2.05, 4.69) is 10.2 Å². The zero-order chi connectivity index (χ0) is 12.3. The number of aromatic nitrogens is 2. The van der Waals surface area contributed by atoms with Crippen molar-refractivity contribution in [3.05, 3.63) is 23.0 Å². The second-order valence-electron chi connectivity index (χ2n) is 4.39. The number of nitrogens with zero attached hydrogens (tertiary/aromatic N) is 3. The Hall–Kier alpha value is -1.16. The van der Waals surface area contributed by atoms with Gasteiger partial charge in [-0.05, 0) is 37.8 Å². The van der Waals surface area contributed by atoms with Gasteiger partial charge in [0.1, 0.15) is 0 Å². The monoisotopic (exact) mass is 253 g/mol. The number of amides is 1. The van der Waals surface area contributed by atoms with E-state index in [4.69, 9.17) is 11.6 Å². The van der Waals surface area contributed by atoms with Crippen molar-refractivity contribution in [1.82, 2.24) is 15.1 Å². The fourth-order valence-electron chi connectivity index (χ4n) is 2.34. The van der Waals surface area contributed by atoms with Crippen LogP contribution < -0.4 is 0 Å². The molecule has 0 radical (unpaired) electrons. The Kier molecular flexibility index (Phi) is 3.94. The third-order valence-electron chi connectivity index (χ3n) is 3.20. The van der Waals surface area contributed by atoms with E-state index in [1.54, 1.807) is 13.0 Å². The van der Waals surface area contributed by atoms with Crippen LogP contribution >= 0.6 is 11.6 Å². The molecule has 5 heteroatoms. The lowest BCUT2D eigenvalue weighted by Crippen LogP contribution is -2.33. The van der Waals surface area contributed by atoms with Crippen LogP contribution in [0.25, 0.3) is 0 Å². The Labute approximate surface area is 106 Å². The number of rotatable bonds is 3. The highest BCUT2D eigenvalue weighted by atomic mass is 35.5. The van der Waals surface area contributed by atoms with Gasteiger partial charge < -0.3 is 4.90 Å². The fourth-order valence-corrected chi connectivity index (χ4v) is 2.44. The molecule has 0 N–H and O–H groups in total. The largest absolute Gasteiger partial charge is 0.340 e. The van der Waals surface area contributed by atoms with Crippen LogP contribution in [-0.4, -0.2) is 33.6 Å². The van der Waals surface area contributed by atoms with Gasteiger partial charge in [-0.3, -0.25) is 4.79 Å². The number of likely N-dealkylation sites (tertiary alicyclic amines) is 1. The Morgan fingerprint density at radius 2 is 2.35 bits per heavy atom. The molecule has 1 amide bonds. The van der Waals surface area contributed by atoms with Gasteiger partial charge in [-0.1, -0.05) is 11.6 Å². The van der Waals surface area contributed by atoms with Gasteiger partial charge in [-0.25, -0.2) is 0 Å². The van der Waals surface area contributed by atoms with Crippen LogP contribution in [0, 0.1) is 0 Å². The van der Waals surface area contributed by atoms with Gasteiger partial charge in [-0.2, -0.15) is 5.10 Å². The molecule has 92 valence electrons. The lowest BCUT2D eigenvalue weighted by atomic mass is 10.1. The first-order valence-electron chi connectivity index (χ1n) is 5.92. The molecule has 1 aromatic rings. The second-order valence-corrected chi connectivity index (χ2v) is 4.78. The average Bonchev–Trinajstić information content (AvgIpc) is 2.76. The van der Waals surface area contributed by atoms with Gasteiger partial charge in [-0.15, -0.1) is 5.10 Å². The molecule has 2 rings (SSSR count). The van der Waals surface area contributed by atoms with Crippen molar-refractivity contribution in [2.24, 2.45) is 0 Å². The van der Waals surface area contributed by atoms with Gasteiger partial charge in [0.15, 0.2) is 5.15 Å². The average molecular weight is 254 g/mol. The van der Waals surface area contributed by atoms with E-state index in [0.29, 0.717) is 11.2 Å². The van der Waals surface area contributed by atoms with E-state index in [1.165, 1.54) is 0 Å². The molecular formula is C12H16ClN3O. The molecule has 2 heterocycles. The molecular weight excluding hydrogens is 238 g/mol. The Balaban J connectivity index is 1.89. The van der Waals surface area contributed by atoms with Crippen molar-refractivity contribution >= 4 is 17.5 Å². The first-order valence-corrected chi connectivity index (χ1v) is 6.30. The number of halogens is 1. The number of carbonyl (C=O) groups excluding carboxylic acids is 1. The van der Waals surface area contributed by atoms with E-state index < -0.39 is 0 Å². The summed E-state index contributed by atoms with van der Waals surface area (Å²) in [5.74, 6) is 0.176. The summed E-state index contributed by atoms with van der Waals surface area (Å²) in [6, 6.07) is 4.01. The summed E-state index contributed by atoms with van der Waals surface area (Å²) in [4.78, 5) is 13.4. The fraction of sp³-hybridized carbons (Fsp3) is 0.583. The van der Waals surface area contributed by atoms with E-state index in [-0.39, 0.29) is 5.91 Å². The van der Waals surface area contributed by atoms with Gasteiger partial charge in [0.25, 0.3) is 0 Å². The Bertz CT molecular complexity index is 393. The quantitative estimate of drug-likeness (QED) is 0.829. The van der Waals surface area contributed by atoms with E-state index >= 15 is 0 Å². The minimum Gasteiger partial charge on any atom is -0.340 e. The van der Waals surface area contributed by atoms with Crippen molar-refractivity contribution in [1.29, 1.82) is 0 Å². The zero-order valence-electron chi connectivity index (χ0n) is 9.90. The SMILES string of the molecule is CC(=O)N1CCC[C@@H]1CCc1ccc(Cl)nn1. The highest BCUT2D eigenvalue weighted by Gasteiger charge is 2.25. The summed E-state index contributed by atoms with van der Waals surface area (Å²) < 4.78 is 0. The molecule has 0 saturated carbocycles. The molecule has 0 aliphatic carbocycles. The van der Waals surface area contributed by atoms with Crippen molar-refractivity contribution in [2.45, 2.75) is 38.6 Å². The molecule has 1 aliphatic heterocycles. The third kappa shape index (κ3) is 3.16.